The molecule has 2 unspecified atom stereocenters. The average molecular weight is 498 g/mol. The van der Waals surface area contributed by atoms with E-state index in [0.29, 0.717) is 6.54 Å². The molecule has 2 aliphatic heterocycles. The summed E-state index contributed by atoms with van der Waals surface area (Å²) in [5.74, 6) is -6.21. The summed E-state index contributed by atoms with van der Waals surface area (Å²) in [5.41, 5.74) is 5.70. The average Bonchev–Trinajstić information content (AvgIpc) is 2.80. The van der Waals surface area contributed by atoms with Gasteiger partial charge >= 0.3 is 11.9 Å². The van der Waals surface area contributed by atoms with E-state index in [-0.39, 0.29) is 47.3 Å². The number of hydrogen-bond acceptors (Lipinski definition) is 11. The zero-order valence-electron chi connectivity index (χ0n) is 18.4. The van der Waals surface area contributed by atoms with Crippen molar-refractivity contribution in [2.24, 2.45) is 17.6 Å². The van der Waals surface area contributed by atoms with Crippen LogP contribution in [0.2, 0.25) is 0 Å². The molecule has 0 aliphatic carbocycles. The molecule has 1 saturated heterocycles. The Balaban J connectivity index is 2.00. The lowest BCUT2D eigenvalue weighted by Gasteiger charge is -2.34. The Morgan fingerprint density at radius 1 is 1.29 bits per heavy atom. The minimum atomic E-state index is -1.28. The van der Waals surface area contributed by atoms with Crippen LogP contribution in [-0.2, 0) is 34.3 Å². The number of phenolic OH excluding ortho intramolecular Hbond substituents is 2. The molecule has 1 aromatic carbocycles. The van der Waals surface area contributed by atoms with Crippen molar-refractivity contribution in [2.75, 3.05) is 39.2 Å². The fourth-order valence-electron chi connectivity index (χ4n) is 3.89. The van der Waals surface area contributed by atoms with Gasteiger partial charge in [-0.05, 0) is 6.07 Å². The van der Waals surface area contributed by atoms with Crippen LogP contribution in [0, 0.1) is 11.8 Å². The Labute approximate surface area is 199 Å². The Morgan fingerprint density at radius 3 is 2.71 bits per heavy atom. The molecule has 13 heteroatoms. The van der Waals surface area contributed by atoms with Crippen LogP contribution in [0.25, 0.3) is 0 Å². The first kappa shape index (κ1) is 25.6. The van der Waals surface area contributed by atoms with Gasteiger partial charge in [-0.1, -0.05) is 0 Å². The SMILES string of the molecule is COC(=O)[C@@H]1CSCc2c(O)cc(O)cc2C(=O)OC[C@H](C(C(N)=O)C2CNCCO2)C(=O)N1. The molecule has 2 amide bonds. The maximum absolute atomic E-state index is 13.2. The molecule has 0 bridgehead atoms. The van der Waals surface area contributed by atoms with Gasteiger partial charge in [0, 0.05) is 36.2 Å². The van der Waals surface area contributed by atoms with Crippen molar-refractivity contribution in [1.82, 2.24) is 10.6 Å². The van der Waals surface area contributed by atoms with Crippen molar-refractivity contribution in [3.8, 4) is 11.5 Å². The molecule has 0 aromatic heterocycles. The molecule has 1 aromatic rings. The highest BCUT2D eigenvalue weighted by atomic mass is 32.2. The number of ether oxygens (including phenoxy) is 3. The van der Waals surface area contributed by atoms with Gasteiger partial charge in [0.1, 0.15) is 24.1 Å². The molecule has 0 radical (unpaired) electrons. The monoisotopic (exact) mass is 497 g/mol. The largest absolute Gasteiger partial charge is 0.508 e. The fourth-order valence-corrected chi connectivity index (χ4v) is 4.97. The van der Waals surface area contributed by atoms with Crippen LogP contribution in [0.5, 0.6) is 11.5 Å². The number of cyclic esters (lactones) is 1. The van der Waals surface area contributed by atoms with E-state index in [9.17, 15) is 29.4 Å². The number of primary amides is 1. The zero-order valence-corrected chi connectivity index (χ0v) is 19.3. The minimum Gasteiger partial charge on any atom is -0.508 e. The number of thioether (sulfide) groups is 1. The lowest BCUT2D eigenvalue weighted by molar-refractivity contribution is -0.148. The van der Waals surface area contributed by atoms with Gasteiger partial charge in [0.2, 0.25) is 11.8 Å². The summed E-state index contributed by atoms with van der Waals surface area (Å²) in [5, 5.41) is 25.8. The number of methoxy groups -OCH3 is 1. The number of amides is 2. The van der Waals surface area contributed by atoms with Crippen LogP contribution in [-0.4, -0.2) is 85.3 Å². The number of benzene rings is 1. The standard InChI is InChI=1S/C21H27N3O9S/c1-31-21(30)14-9-34-8-13-11(4-10(25)5-15(13)26)20(29)33-7-12(19(28)24-14)17(18(22)27)16-6-23-2-3-32-16/h4-5,12,14,16-17,23,25-26H,2-3,6-9H2,1H3,(H2,22,27)(H,24,28)/t12-,14+,16?,17?/m1/s1. The number of nitrogens with one attached hydrogen (secondary N) is 2. The number of fused-ring (bicyclic) bond motifs is 1. The highest BCUT2D eigenvalue weighted by molar-refractivity contribution is 7.98. The predicted octanol–water partition coefficient (Wildman–Crippen LogP) is -1.13. The van der Waals surface area contributed by atoms with Crippen molar-refractivity contribution in [3.05, 3.63) is 23.3 Å². The van der Waals surface area contributed by atoms with E-state index < -0.39 is 54.3 Å². The molecule has 186 valence electrons. The van der Waals surface area contributed by atoms with Crippen LogP contribution in [0.3, 0.4) is 0 Å². The van der Waals surface area contributed by atoms with Crippen LogP contribution < -0.4 is 16.4 Å². The quantitative estimate of drug-likeness (QED) is 0.317. The van der Waals surface area contributed by atoms with Gasteiger partial charge in [0.05, 0.1) is 37.2 Å². The van der Waals surface area contributed by atoms with E-state index in [2.05, 4.69) is 10.6 Å². The molecule has 34 heavy (non-hydrogen) atoms. The molecule has 1 fully saturated rings. The molecular formula is C21H27N3O9S. The summed E-state index contributed by atoms with van der Waals surface area (Å²) >= 11 is 1.14. The lowest BCUT2D eigenvalue weighted by Crippen LogP contribution is -2.55. The third-order valence-corrected chi connectivity index (χ3v) is 6.68. The molecular weight excluding hydrogens is 470 g/mol. The van der Waals surface area contributed by atoms with E-state index in [1.807, 2.05) is 0 Å². The van der Waals surface area contributed by atoms with E-state index in [1.54, 1.807) is 0 Å². The number of rotatable bonds is 4. The minimum absolute atomic E-state index is 0.0443. The maximum Gasteiger partial charge on any atom is 0.338 e. The van der Waals surface area contributed by atoms with Crippen molar-refractivity contribution >= 4 is 35.5 Å². The summed E-state index contributed by atoms with van der Waals surface area (Å²) in [6, 6.07) is 1.13. The number of morpholine rings is 1. The molecule has 12 nitrogen and oxygen atoms in total. The van der Waals surface area contributed by atoms with Gasteiger partial charge < -0.3 is 40.8 Å². The highest BCUT2D eigenvalue weighted by Gasteiger charge is 2.42. The number of carbonyl (C=O) groups excluding carboxylic acids is 4. The Bertz CT molecular complexity index is 952. The second-order valence-corrected chi connectivity index (χ2v) is 8.87. The highest BCUT2D eigenvalue weighted by Crippen LogP contribution is 2.32. The fraction of sp³-hybridized carbons (Fsp3) is 0.524. The van der Waals surface area contributed by atoms with Gasteiger partial charge in [0.15, 0.2) is 0 Å². The third-order valence-electron chi connectivity index (χ3n) is 5.61. The van der Waals surface area contributed by atoms with Gasteiger partial charge in [-0.2, -0.15) is 11.8 Å². The predicted molar refractivity (Wildman–Crippen MR) is 119 cm³/mol. The molecule has 2 heterocycles. The van der Waals surface area contributed by atoms with Crippen LogP contribution >= 0.6 is 11.8 Å². The van der Waals surface area contributed by atoms with Crippen LogP contribution in [0.1, 0.15) is 15.9 Å². The Hall–Kier alpha value is -3.03. The number of carbonyl (C=O) groups is 4. The second kappa shape index (κ2) is 11.4. The first-order chi connectivity index (χ1) is 16.2. The van der Waals surface area contributed by atoms with Gasteiger partial charge in [0.25, 0.3) is 0 Å². The topological polar surface area (TPSA) is 187 Å². The molecule has 2 aliphatic rings. The van der Waals surface area contributed by atoms with Crippen molar-refractivity contribution in [3.63, 3.8) is 0 Å². The summed E-state index contributed by atoms with van der Waals surface area (Å²) in [6.45, 7) is 0.524. The molecule has 0 saturated carbocycles. The number of aromatic hydroxyl groups is 2. The molecule has 4 atom stereocenters. The van der Waals surface area contributed by atoms with Crippen molar-refractivity contribution < 1.29 is 43.6 Å². The normalized spacial score (nSPS) is 24.9. The second-order valence-electron chi connectivity index (χ2n) is 7.84. The van der Waals surface area contributed by atoms with Gasteiger partial charge in [-0.3, -0.25) is 9.59 Å². The third kappa shape index (κ3) is 5.90. The molecule has 6 N–H and O–H groups in total. The van der Waals surface area contributed by atoms with E-state index in [1.165, 1.54) is 7.11 Å². The Kier molecular flexibility index (Phi) is 8.58. The summed E-state index contributed by atoms with van der Waals surface area (Å²) in [6.07, 6.45) is -0.764. The van der Waals surface area contributed by atoms with Crippen molar-refractivity contribution in [1.29, 1.82) is 0 Å². The number of esters is 2. The first-order valence-corrected chi connectivity index (χ1v) is 11.7. The summed E-state index contributed by atoms with van der Waals surface area (Å²) in [7, 11) is 1.17. The molecule has 3 rings (SSSR count). The summed E-state index contributed by atoms with van der Waals surface area (Å²) in [4.78, 5) is 50.8. The van der Waals surface area contributed by atoms with E-state index in [4.69, 9.17) is 19.9 Å². The van der Waals surface area contributed by atoms with Gasteiger partial charge in [-0.15, -0.1) is 0 Å². The smallest absolute Gasteiger partial charge is 0.338 e. The summed E-state index contributed by atoms with van der Waals surface area (Å²) < 4.78 is 15.8. The Morgan fingerprint density at radius 2 is 2.06 bits per heavy atom. The molecule has 0 spiro atoms. The van der Waals surface area contributed by atoms with E-state index in [0.717, 1.165) is 23.9 Å². The maximum atomic E-state index is 13.2. The van der Waals surface area contributed by atoms with Crippen molar-refractivity contribution in [2.45, 2.75) is 17.9 Å². The number of hydrogen-bond donors (Lipinski definition) is 5. The van der Waals surface area contributed by atoms with Gasteiger partial charge in [-0.25, -0.2) is 9.59 Å². The van der Waals surface area contributed by atoms with E-state index >= 15 is 0 Å². The zero-order chi connectivity index (χ0) is 24.8. The van der Waals surface area contributed by atoms with Crippen LogP contribution in [0.4, 0.5) is 0 Å². The number of nitrogens with two attached hydrogens (primary N) is 1. The number of phenols is 2. The first-order valence-electron chi connectivity index (χ1n) is 10.5. The lowest BCUT2D eigenvalue weighted by atomic mass is 9.85. The van der Waals surface area contributed by atoms with Crippen LogP contribution in [0.15, 0.2) is 12.1 Å².